The molecular formula is C21H28ClN5O. The Morgan fingerprint density at radius 2 is 1.86 bits per heavy atom. The summed E-state index contributed by atoms with van der Waals surface area (Å²) >= 11 is 5.97. The number of anilines is 2. The van der Waals surface area contributed by atoms with E-state index in [2.05, 4.69) is 53.3 Å². The van der Waals surface area contributed by atoms with Gasteiger partial charge in [-0.1, -0.05) is 44.5 Å². The maximum Gasteiger partial charge on any atom is 0.322 e. The van der Waals surface area contributed by atoms with Crippen molar-refractivity contribution >= 4 is 29.1 Å². The van der Waals surface area contributed by atoms with Crippen LogP contribution in [0.1, 0.15) is 38.8 Å². The lowest BCUT2D eigenvalue weighted by atomic mass is 9.87. The van der Waals surface area contributed by atoms with Gasteiger partial charge < -0.3 is 15.1 Å². The number of carbonyl (C=O) groups is 1. The zero-order valence-corrected chi connectivity index (χ0v) is 17.9. The topological polar surface area (TPSA) is 61.4 Å². The molecule has 2 heterocycles. The van der Waals surface area contributed by atoms with Crippen molar-refractivity contribution in [3.8, 4) is 0 Å². The molecule has 0 aliphatic carbocycles. The van der Waals surface area contributed by atoms with Crippen LogP contribution < -0.4 is 10.2 Å². The van der Waals surface area contributed by atoms with Gasteiger partial charge in [-0.2, -0.15) is 0 Å². The highest BCUT2D eigenvalue weighted by Gasteiger charge is 2.28. The van der Waals surface area contributed by atoms with Gasteiger partial charge in [0.15, 0.2) is 11.0 Å². The fourth-order valence-corrected chi connectivity index (χ4v) is 3.42. The second kappa shape index (κ2) is 7.95. The Labute approximate surface area is 171 Å². The van der Waals surface area contributed by atoms with Gasteiger partial charge in [0.25, 0.3) is 0 Å². The number of hydrogen-bond acceptors (Lipinski definition) is 4. The van der Waals surface area contributed by atoms with Crippen molar-refractivity contribution in [3.05, 3.63) is 46.6 Å². The number of nitrogens with one attached hydrogen (secondary N) is 1. The van der Waals surface area contributed by atoms with E-state index in [0.29, 0.717) is 24.8 Å². The molecule has 0 unspecified atom stereocenters. The Balaban J connectivity index is 1.62. The molecule has 1 fully saturated rings. The van der Waals surface area contributed by atoms with E-state index in [1.54, 1.807) is 0 Å². The summed E-state index contributed by atoms with van der Waals surface area (Å²) in [5, 5.41) is 11.6. The smallest absolute Gasteiger partial charge is 0.322 e. The van der Waals surface area contributed by atoms with Gasteiger partial charge in [-0.15, -0.1) is 10.2 Å². The lowest BCUT2D eigenvalue weighted by molar-refractivity contribution is 0.184. The molecule has 1 saturated heterocycles. The number of halogens is 1. The molecule has 0 radical (unpaired) electrons. The first-order valence-corrected chi connectivity index (χ1v) is 9.96. The van der Waals surface area contributed by atoms with E-state index in [1.807, 2.05) is 36.9 Å². The summed E-state index contributed by atoms with van der Waals surface area (Å²) in [6, 6.07) is 9.98. The lowest BCUT2D eigenvalue weighted by Gasteiger charge is -2.40. The van der Waals surface area contributed by atoms with Crippen LogP contribution in [0.2, 0.25) is 5.15 Å². The molecule has 0 spiro atoms. The number of benzene rings is 1. The van der Waals surface area contributed by atoms with E-state index >= 15 is 0 Å². The molecule has 1 aromatic heterocycles. The summed E-state index contributed by atoms with van der Waals surface area (Å²) in [5.74, 6) is 0.798. The predicted molar refractivity (Wildman–Crippen MR) is 114 cm³/mol. The summed E-state index contributed by atoms with van der Waals surface area (Å²) < 4.78 is 0. The minimum atomic E-state index is -0.0750. The number of rotatable bonds is 2. The highest BCUT2D eigenvalue weighted by molar-refractivity contribution is 6.30. The minimum Gasteiger partial charge on any atom is -0.351 e. The van der Waals surface area contributed by atoms with Crippen LogP contribution in [0.25, 0.3) is 0 Å². The van der Waals surface area contributed by atoms with Gasteiger partial charge in [0.05, 0.1) is 0 Å². The maximum atomic E-state index is 12.8. The molecule has 0 bridgehead atoms. The van der Waals surface area contributed by atoms with E-state index in [4.69, 9.17) is 11.6 Å². The molecule has 7 heteroatoms. The van der Waals surface area contributed by atoms with E-state index in [9.17, 15) is 4.79 Å². The molecule has 28 heavy (non-hydrogen) atoms. The van der Waals surface area contributed by atoms with E-state index < -0.39 is 0 Å². The van der Waals surface area contributed by atoms with Gasteiger partial charge in [-0.25, -0.2) is 4.79 Å². The molecule has 3 rings (SSSR count). The largest absolute Gasteiger partial charge is 0.351 e. The molecule has 0 saturated carbocycles. The summed E-state index contributed by atoms with van der Waals surface area (Å²) in [6.07, 6.45) is 0. The Bertz CT molecular complexity index is 847. The molecular weight excluding hydrogens is 374 g/mol. The van der Waals surface area contributed by atoms with Crippen molar-refractivity contribution in [1.29, 1.82) is 0 Å². The van der Waals surface area contributed by atoms with Crippen molar-refractivity contribution < 1.29 is 4.79 Å². The molecule has 2 amide bonds. The number of carbonyl (C=O) groups excluding carboxylic acids is 1. The first-order chi connectivity index (χ1) is 13.1. The third kappa shape index (κ3) is 4.55. The third-order valence-electron chi connectivity index (χ3n) is 5.13. The van der Waals surface area contributed by atoms with Crippen LogP contribution in [0.3, 0.4) is 0 Å². The number of aryl methyl sites for hydroxylation is 1. The van der Waals surface area contributed by atoms with E-state index in [1.165, 1.54) is 5.56 Å². The summed E-state index contributed by atoms with van der Waals surface area (Å²) in [4.78, 5) is 16.8. The molecule has 150 valence electrons. The van der Waals surface area contributed by atoms with Gasteiger partial charge in [0.2, 0.25) is 0 Å². The fraction of sp³-hybridized carbons (Fsp3) is 0.476. The Morgan fingerprint density at radius 3 is 2.43 bits per heavy atom. The van der Waals surface area contributed by atoms with Gasteiger partial charge in [-0.05, 0) is 48.6 Å². The van der Waals surface area contributed by atoms with Crippen LogP contribution >= 0.6 is 11.6 Å². The third-order valence-corrected chi connectivity index (χ3v) is 5.50. The van der Waals surface area contributed by atoms with Crippen molar-refractivity contribution in [2.45, 2.75) is 46.1 Å². The van der Waals surface area contributed by atoms with Gasteiger partial charge in [0.1, 0.15) is 0 Å². The Morgan fingerprint density at radius 1 is 1.18 bits per heavy atom. The number of urea groups is 1. The van der Waals surface area contributed by atoms with Gasteiger partial charge in [0, 0.05) is 31.4 Å². The SMILES string of the molecule is Cc1cc(N2CCN(C(=O)Nc3ccc(C(C)(C)C)cc3)[C@H](C)C2)nnc1Cl. The molecule has 2 aromatic rings. The monoisotopic (exact) mass is 401 g/mol. The van der Waals surface area contributed by atoms with Crippen LogP contribution in [0.5, 0.6) is 0 Å². The first kappa shape index (κ1) is 20.4. The van der Waals surface area contributed by atoms with E-state index in [0.717, 1.165) is 17.1 Å². The predicted octanol–water partition coefficient (Wildman–Crippen LogP) is 4.48. The number of nitrogens with zero attached hydrogens (tertiary/aromatic N) is 4. The summed E-state index contributed by atoms with van der Waals surface area (Å²) in [5.41, 5.74) is 3.05. The molecule has 1 aromatic carbocycles. The van der Waals surface area contributed by atoms with Gasteiger partial charge in [-0.3, -0.25) is 0 Å². The van der Waals surface area contributed by atoms with Crippen LogP contribution in [0.15, 0.2) is 30.3 Å². The molecule has 1 atom stereocenters. The zero-order valence-electron chi connectivity index (χ0n) is 17.2. The number of amides is 2. The average molecular weight is 402 g/mol. The quantitative estimate of drug-likeness (QED) is 0.805. The van der Waals surface area contributed by atoms with Crippen LogP contribution in [0.4, 0.5) is 16.3 Å². The molecule has 1 aliphatic rings. The zero-order chi connectivity index (χ0) is 20.5. The second-order valence-electron chi connectivity index (χ2n) is 8.42. The van der Waals surface area contributed by atoms with Crippen LogP contribution in [-0.2, 0) is 5.41 Å². The van der Waals surface area contributed by atoms with Crippen molar-refractivity contribution in [3.63, 3.8) is 0 Å². The highest BCUT2D eigenvalue weighted by atomic mass is 35.5. The Hall–Kier alpha value is -2.34. The second-order valence-corrected chi connectivity index (χ2v) is 8.78. The standard InChI is InChI=1S/C21H28ClN5O/c1-14-12-18(24-25-19(14)22)26-10-11-27(15(2)13-26)20(28)23-17-8-6-16(7-9-17)21(3,4)5/h6-9,12,15H,10-11,13H2,1-5H3,(H,23,28)/t15-/m1/s1. The average Bonchev–Trinajstić information content (AvgIpc) is 2.63. The summed E-state index contributed by atoms with van der Waals surface area (Å²) in [6.45, 7) is 12.5. The minimum absolute atomic E-state index is 0.0559. The first-order valence-electron chi connectivity index (χ1n) is 9.58. The highest BCUT2D eigenvalue weighted by Crippen LogP contribution is 2.24. The van der Waals surface area contributed by atoms with Crippen LogP contribution in [-0.4, -0.2) is 46.8 Å². The lowest BCUT2D eigenvalue weighted by Crippen LogP contribution is -2.55. The number of aromatic nitrogens is 2. The molecule has 1 aliphatic heterocycles. The van der Waals surface area contributed by atoms with E-state index in [-0.39, 0.29) is 17.5 Å². The van der Waals surface area contributed by atoms with Gasteiger partial charge >= 0.3 is 6.03 Å². The molecule has 6 nitrogen and oxygen atoms in total. The number of hydrogen-bond donors (Lipinski definition) is 1. The molecule has 1 N–H and O–H groups in total. The number of piperazine rings is 1. The van der Waals surface area contributed by atoms with Crippen LogP contribution in [0, 0.1) is 6.92 Å². The fourth-order valence-electron chi connectivity index (χ4n) is 3.33. The maximum absolute atomic E-state index is 12.8. The Kier molecular flexibility index (Phi) is 5.79. The van der Waals surface area contributed by atoms with Crippen molar-refractivity contribution in [2.75, 3.05) is 29.9 Å². The van der Waals surface area contributed by atoms with Crippen molar-refractivity contribution in [1.82, 2.24) is 15.1 Å². The van der Waals surface area contributed by atoms with Crippen molar-refractivity contribution in [2.24, 2.45) is 0 Å². The normalized spacial score (nSPS) is 17.6. The summed E-state index contributed by atoms with van der Waals surface area (Å²) in [7, 11) is 0.